The van der Waals surface area contributed by atoms with Gasteiger partial charge in [-0.1, -0.05) is 6.07 Å². The summed E-state index contributed by atoms with van der Waals surface area (Å²) in [4.78, 5) is 23.5. The fourth-order valence-electron chi connectivity index (χ4n) is 0.659. The van der Waals surface area contributed by atoms with E-state index in [0.717, 1.165) is 0 Å². The number of rotatable bonds is 2. The van der Waals surface area contributed by atoms with E-state index in [0.29, 0.717) is 0 Å². The standard InChI is InChI=1S/C5H2F6O2.C5H5N.Cu/c6-4(7,8)2(12)1-3(13)5(9,10)11;1-2-4-6-5-3-1;/h1H2;1-5H;. The van der Waals surface area contributed by atoms with Crippen molar-refractivity contribution in [2.75, 3.05) is 0 Å². The second-order valence-electron chi connectivity index (χ2n) is 3.04. The summed E-state index contributed by atoms with van der Waals surface area (Å²) in [6.45, 7) is 0. The molecule has 1 rings (SSSR count). The van der Waals surface area contributed by atoms with Gasteiger partial charge in [-0.15, -0.1) is 0 Å². The van der Waals surface area contributed by atoms with Crippen LogP contribution in [-0.2, 0) is 26.7 Å². The largest absolute Gasteiger partial charge is 0.450 e. The molecule has 20 heavy (non-hydrogen) atoms. The van der Waals surface area contributed by atoms with Crippen molar-refractivity contribution in [3.63, 3.8) is 0 Å². The molecule has 0 N–H and O–H groups in total. The maximum absolute atomic E-state index is 11.3. The smallest absolute Gasteiger partial charge is 0.289 e. The van der Waals surface area contributed by atoms with Gasteiger partial charge in [0.1, 0.15) is 0 Å². The Hall–Kier alpha value is -1.41. The number of aromatic nitrogens is 1. The third-order valence-electron chi connectivity index (χ3n) is 1.52. The van der Waals surface area contributed by atoms with Gasteiger partial charge in [-0.05, 0) is 12.1 Å². The summed E-state index contributed by atoms with van der Waals surface area (Å²) >= 11 is 0. The van der Waals surface area contributed by atoms with Crippen molar-refractivity contribution in [2.45, 2.75) is 18.8 Å². The van der Waals surface area contributed by atoms with Gasteiger partial charge in [-0.3, -0.25) is 14.6 Å². The maximum atomic E-state index is 11.3. The van der Waals surface area contributed by atoms with Crippen molar-refractivity contribution >= 4 is 11.6 Å². The molecule has 117 valence electrons. The number of alkyl halides is 6. The Morgan fingerprint density at radius 2 is 1.15 bits per heavy atom. The Kier molecular flexibility index (Phi) is 9.09. The first-order valence-corrected chi connectivity index (χ1v) is 4.60. The zero-order valence-electron chi connectivity index (χ0n) is 9.43. The van der Waals surface area contributed by atoms with Gasteiger partial charge in [0.25, 0.3) is 0 Å². The number of carbonyl (C=O) groups is 2. The number of pyridine rings is 1. The fraction of sp³-hybridized carbons (Fsp3) is 0.300. The third-order valence-corrected chi connectivity index (χ3v) is 1.52. The van der Waals surface area contributed by atoms with Crippen molar-refractivity contribution in [1.82, 2.24) is 4.98 Å². The fourth-order valence-corrected chi connectivity index (χ4v) is 0.659. The summed E-state index contributed by atoms with van der Waals surface area (Å²) in [7, 11) is 0. The molecule has 1 aromatic heterocycles. The van der Waals surface area contributed by atoms with E-state index in [1.54, 1.807) is 12.4 Å². The van der Waals surface area contributed by atoms with Crippen LogP contribution in [0.5, 0.6) is 0 Å². The first kappa shape index (κ1) is 20.9. The van der Waals surface area contributed by atoms with Crippen LogP contribution in [0.25, 0.3) is 0 Å². The van der Waals surface area contributed by atoms with E-state index >= 15 is 0 Å². The van der Waals surface area contributed by atoms with Crippen LogP contribution in [0.15, 0.2) is 30.6 Å². The van der Waals surface area contributed by atoms with E-state index in [1.807, 2.05) is 18.2 Å². The molecule has 0 atom stereocenters. The van der Waals surface area contributed by atoms with E-state index in [2.05, 4.69) is 4.98 Å². The number of hydrogen-bond acceptors (Lipinski definition) is 3. The van der Waals surface area contributed by atoms with E-state index < -0.39 is 30.3 Å². The zero-order chi connectivity index (χ0) is 15.1. The summed E-state index contributed by atoms with van der Waals surface area (Å²) in [5.74, 6) is -5.40. The van der Waals surface area contributed by atoms with Gasteiger partial charge in [0.15, 0.2) is 0 Å². The van der Waals surface area contributed by atoms with Crippen LogP contribution in [-0.4, -0.2) is 28.9 Å². The van der Waals surface area contributed by atoms with Crippen LogP contribution in [0.4, 0.5) is 26.3 Å². The average molecular weight is 351 g/mol. The Morgan fingerprint density at radius 3 is 1.30 bits per heavy atom. The molecule has 0 aliphatic heterocycles. The quantitative estimate of drug-likeness (QED) is 0.468. The van der Waals surface area contributed by atoms with Gasteiger partial charge in [-0.25, -0.2) is 0 Å². The zero-order valence-corrected chi connectivity index (χ0v) is 10.4. The van der Waals surface area contributed by atoms with Gasteiger partial charge in [-0.2, -0.15) is 26.3 Å². The molecule has 3 nitrogen and oxygen atoms in total. The van der Waals surface area contributed by atoms with Crippen LogP contribution in [0.2, 0.25) is 0 Å². The molecule has 0 fully saturated rings. The summed E-state index contributed by atoms with van der Waals surface area (Å²) in [6, 6.07) is 5.72. The van der Waals surface area contributed by atoms with E-state index in [-0.39, 0.29) is 17.1 Å². The molecule has 0 aliphatic carbocycles. The molecule has 0 aliphatic rings. The number of Topliss-reactive ketones (excluding diaryl/α,β-unsaturated/α-hetero) is 2. The van der Waals surface area contributed by atoms with Gasteiger partial charge in [0.05, 0.1) is 6.42 Å². The molecule has 1 heterocycles. The second-order valence-corrected chi connectivity index (χ2v) is 3.04. The molecule has 0 saturated carbocycles. The van der Waals surface area contributed by atoms with Gasteiger partial charge in [0, 0.05) is 29.5 Å². The Balaban J connectivity index is 0. The van der Waals surface area contributed by atoms with Crippen LogP contribution in [0, 0.1) is 0 Å². The SMILES string of the molecule is O=C(CC(=O)C(F)(F)F)C(F)(F)F.[Cu].c1ccncc1. The predicted octanol–water partition coefficient (Wildman–Crippen LogP) is 2.72. The number of carbonyl (C=O) groups excluding carboxylic acids is 2. The van der Waals surface area contributed by atoms with Crippen molar-refractivity contribution in [2.24, 2.45) is 0 Å². The minimum atomic E-state index is -5.40. The molecule has 1 aromatic rings. The molecule has 0 saturated heterocycles. The molecule has 0 amide bonds. The summed E-state index contributed by atoms with van der Waals surface area (Å²) in [5, 5.41) is 0. The van der Waals surface area contributed by atoms with Gasteiger partial charge in [0.2, 0.25) is 11.6 Å². The topological polar surface area (TPSA) is 47.0 Å². The first-order chi connectivity index (χ1) is 8.55. The number of halogens is 6. The third kappa shape index (κ3) is 9.51. The second kappa shape index (κ2) is 8.70. The molecular weight excluding hydrogens is 344 g/mol. The van der Waals surface area contributed by atoms with Crippen LogP contribution < -0.4 is 0 Å². The molecule has 0 bridgehead atoms. The van der Waals surface area contributed by atoms with E-state index in [1.165, 1.54) is 0 Å². The van der Waals surface area contributed by atoms with Crippen molar-refractivity contribution in [1.29, 1.82) is 0 Å². The van der Waals surface area contributed by atoms with Crippen LogP contribution in [0.3, 0.4) is 0 Å². The average Bonchev–Trinajstić information content (AvgIpc) is 2.29. The first-order valence-electron chi connectivity index (χ1n) is 4.60. The normalized spacial score (nSPS) is 10.7. The number of ketones is 2. The Labute approximate surface area is 119 Å². The molecule has 1 radical (unpaired) electrons. The van der Waals surface area contributed by atoms with Gasteiger partial charge < -0.3 is 0 Å². The molecule has 0 unspecified atom stereocenters. The molecular formula is C10H7CuF6NO2. The number of nitrogens with zero attached hydrogens (tertiary/aromatic N) is 1. The van der Waals surface area contributed by atoms with Crippen LogP contribution >= 0.6 is 0 Å². The number of hydrogen-bond donors (Lipinski definition) is 0. The van der Waals surface area contributed by atoms with Crippen molar-refractivity contribution in [3.05, 3.63) is 30.6 Å². The molecule has 0 spiro atoms. The molecule has 10 heteroatoms. The summed E-state index contributed by atoms with van der Waals surface area (Å²) in [6.07, 6.45) is -9.49. The van der Waals surface area contributed by atoms with Crippen LogP contribution in [0.1, 0.15) is 6.42 Å². The minimum absolute atomic E-state index is 0. The van der Waals surface area contributed by atoms with E-state index in [9.17, 15) is 35.9 Å². The minimum Gasteiger partial charge on any atom is -0.289 e. The molecule has 0 aromatic carbocycles. The van der Waals surface area contributed by atoms with Crippen molar-refractivity contribution in [3.8, 4) is 0 Å². The summed E-state index contributed by atoms with van der Waals surface area (Å²) in [5.41, 5.74) is 0. The Bertz CT molecular complexity index is 367. The summed E-state index contributed by atoms with van der Waals surface area (Å²) < 4.78 is 68.0. The van der Waals surface area contributed by atoms with E-state index in [4.69, 9.17) is 0 Å². The van der Waals surface area contributed by atoms with Crippen molar-refractivity contribution < 1.29 is 53.0 Å². The predicted molar refractivity (Wildman–Crippen MR) is 51.0 cm³/mol. The monoisotopic (exact) mass is 350 g/mol. The van der Waals surface area contributed by atoms with Gasteiger partial charge >= 0.3 is 12.4 Å². The Morgan fingerprint density at radius 1 is 0.800 bits per heavy atom. The maximum Gasteiger partial charge on any atom is 0.450 e.